The van der Waals surface area contributed by atoms with Crippen molar-refractivity contribution in [3.05, 3.63) is 35.4 Å². The topological polar surface area (TPSA) is 41.6 Å². The first-order valence-corrected chi connectivity index (χ1v) is 7.40. The van der Waals surface area contributed by atoms with Crippen LogP contribution < -0.4 is 5.32 Å². The molecule has 0 radical (unpaired) electrons. The van der Waals surface area contributed by atoms with Gasteiger partial charge in [0.1, 0.15) is 6.17 Å². The van der Waals surface area contributed by atoms with Crippen molar-refractivity contribution >= 4 is 5.91 Å². The molecule has 0 bridgehead atoms. The monoisotopic (exact) mass is 274 g/mol. The molecule has 1 aromatic rings. The molecule has 2 saturated heterocycles. The van der Waals surface area contributed by atoms with Gasteiger partial charge in [0, 0.05) is 6.61 Å². The average molecular weight is 274 g/mol. The van der Waals surface area contributed by atoms with Crippen molar-refractivity contribution in [2.24, 2.45) is 0 Å². The van der Waals surface area contributed by atoms with E-state index in [9.17, 15) is 4.79 Å². The lowest BCUT2D eigenvalue weighted by Crippen LogP contribution is -2.44. The highest BCUT2D eigenvalue weighted by molar-refractivity contribution is 5.84. The Kier molecular flexibility index (Phi) is 3.76. The fourth-order valence-electron chi connectivity index (χ4n) is 3.21. The summed E-state index contributed by atoms with van der Waals surface area (Å²) in [6, 6.07) is 8.34. The highest BCUT2D eigenvalue weighted by Crippen LogP contribution is 2.31. The number of nitrogens with zero attached hydrogens (tertiary/aromatic N) is 1. The maximum atomic E-state index is 12.5. The molecule has 4 nitrogen and oxygen atoms in total. The normalized spacial score (nSPS) is 30.8. The number of hydrogen-bond donors (Lipinski definition) is 1. The lowest BCUT2D eigenvalue weighted by atomic mass is 10.0. The third-order valence-corrected chi connectivity index (χ3v) is 4.32. The minimum absolute atomic E-state index is 0.0228. The number of benzene rings is 1. The van der Waals surface area contributed by atoms with E-state index < -0.39 is 0 Å². The van der Waals surface area contributed by atoms with Crippen molar-refractivity contribution in [1.29, 1.82) is 0 Å². The van der Waals surface area contributed by atoms with Crippen molar-refractivity contribution in [2.45, 2.75) is 44.9 Å². The van der Waals surface area contributed by atoms with Gasteiger partial charge in [0.15, 0.2) is 0 Å². The lowest BCUT2D eigenvalue weighted by molar-refractivity contribution is -0.135. The molecule has 1 N–H and O–H groups in total. The summed E-state index contributed by atoms with van der Waals surface area (Å²) in [6.45, 7) is 5.51. The summed E-state index contributed by atoms with van der Waals surface area (Å²) < 4.78 is 5.57. The predicted molar refractivity (Wildman–Crippen MR) is 77.2 cm³/mol. The molecule has 3 rings (SSSR count). The molecular formula is C16H22N2O2. The lowest BCUT2D eigenvalue weighted by Gasteiger charge is -2.35. The first kappa shape index (κ1) is 13.6. The van der Waals surface area contributed by atoms with E-state index in [2.05, 4.69) is 24.4 Å². The van der Waals surface area contributed by atoms with Crippen LogP contribution in [0.1, 0.15) is 37.1 Å². The number of ether oxygens (including phenoxy) is 1. The molecule has 4 heteroatoms. The fraction of sp³-hybridized carbons (Fsp3) is 0.562. The zero-order chi connectivity index (χ0) is 14.1. The van der Waals surface area contributed by atoms with Crippen LogP contribution in [0.15, 0.2) is 24.3 Å². The molecule has 1 amide bonds. The second kappa shape index (κ2) is 5.54. The molecular weight excluding hydrogens is 252 g/mol. The first-order chi connectivity index (χ1) is 9.68. The minimum atomic E-state index is -0.124. The largest absolute Gasteiger partial charge is 0.379 e. The van der Waals surface area contributed by atoms with Crippen LogP contribution in [0, 0.1) is 6.92 Å². The third kappa shape index (κ3) is 2.34. The van der Waals surface area contributed by atoms with Crippen LogP contribution in [0.25, 0.3) is 0 Å². The standard InChI is InChI=1S/C16H22N2O2/c1-11-6-3-4-8-14(11)15-17-12(2)16(19)18(15)13-7-5-9-20-10-13/h3-4,6,8,12-13,15,17H,5,7,9-10H2,1-2H3. The first-order valence-electron chi connectivity index (χ1n) is 7.40. The molecule has 2 aliphatic heterocycles. The summed E-state index contributed by atoms with van der Waals surface area (Å²) in [5, 5.41) is 3.43. The molecule has 1 aromatic carbocycles. The predicted octanol–water partition coefficient (Wildman–Crippen LogP) is 1.99. The summed E-state index contributed by atoms with van der Waals surface area (Å²) in [5.74, 6) is 0.189. The molecule has 3 atom stereocenters. The number of nitrogens with one attached hydrogen (secondary N) is 1. The molecule has 0 saturated carbocycles. The Balaban J connectivity index is 1.91. The zero-order valence-electron chi connectivity index (χ0n) is 12.1. The Hall–Kier alpha value is -1.39. The third-order valence-electron chi connectivity index (χ3n) is 4.32. The van der Waals surface area contributed by atoms with Crippen molar-refractivity contribution < 1.29 is 9.53 Å². The van der Waals surface area contributed by atoms with Gasteiger partial charge in [-0.25, -0.2) is 0 Å². The SMILES string of the molecule is Cc1ccccc1C1NC(C)C(=O)N1C1CCCOC1. The average Bonchev–Trinajstić information content (AvgIpc) is 2.76. The number of hydrogen-bond acceptors (Lipinski definition) is 3. The van der Waals surface area contributed by atoms with E-state index in [4.69, 9.17) is 4.74 Å². The second-order valence-electron chi connectivity index (χ2n) is 5.76. The van der Waals surface area contributed by atoms with E-state index in [1.165, 1.54) is 11.1 Å². The van der Waals surface area contributed by atoms with Crippen LogP contribution in [-0.2, 0) is 9.53 Å². The number of carbonyl (C=O) groups is 1. The quantitative estimate of drug-likeness (QED) is 0.897. The molecule has 20 heavy (non-hydrogen) atoms. The summed E-state index contributed by atoms with van der Waals surface area (Å²) in [4.78, 5) is 14.5. The van der Waals surface area contributed by atoms with Gasteiger partial charge in [-0.15, -0.1) is 0 Å². The van der Waals surface area contributed by atoms with Crippen LogP contribution in [0.5, 0.6) is 0 Å². The Morgan fingerprint density at radius 2 is 2.15 bits per heavy atom. The number of amides is 1. The maximum Gasteiger partial charge on any atom is 0.241 e. The van der Waals surface area contributed by atoms with Crippen LogP contribution in [-0.4, -0.2) is 36.1 Å². The highest BCUT2D eigenvalue weighted by Gasteiger charge is 2.41. The second-order valence-corrected chi connectivity index (χ2v) is 5.76. The Labute approximate surface area is 120 Å². The van der Waals surface area contributed by atoms with E-state index in [0.717, 1.165) is 19.4 Å². The van der Waals surface area contributed by atoms with E-state index in [1.54, 1.807) is 0 Å². The van der Waals surface area contributed by atoms with Gasteiger partial charge < -0.3 is 9.64 Å². The molecule has 3 unspecified atom stereocenters. The van der Waals surface area contributed by atoms with E-state index >= 15 is 0 Å². The van der Waals surface area contributed by atoms with Crippen LogP contribution >= 0.6 is 0 Å². The Morgan fingerprint density at radius 1 is 1.35 bits per heavy atom. The Bertz CT molecular complexity index is 497. The van der Waals surface area contributed by atoms with E-state index in [-0.39, 0.29) is 24.2 Å². The van der Waals surface area contributed by atoms with Crippen molar-refractivity contribution in [1.82, 2.24) is 10.2 Å². The molecule has 0 aromatic heterocycles. The summed E-state index contributed by atoms with van der Waals surface area (Å²) in [5.41, 5.74) is 2.41. The van der Waals surface area contributed by atoms with Gasteiger partial charge in [-0.1, -0.05) is 24.3 Å². The smallest absolute Gasteiger partial charge is 0.241 e. The molecule has 2 heterocycles. The molecule has 108 valence electrons. The van der Waals surface area contributed by atoms with Crippen LogP contribution in [0.3, 0.4) is 0 Å². The van der Waals surface area contributed by atoms with Crippen molar-refractivity contribution in [2.75, 3.05) is 13.2 Å². The van der Waals surface area contributed by atoms with Gasteiger partial charge in [-0.2, -0.15) is 0 Å². The van der Waals surface area contributed by atoms with Crippen molar-refractivity contribution in [3.63, 3.8) is 0 Å². The van der Waals surface area contributed by atoms with Gasteiger partial charge in [0.2, 0.25) is 5.91 Å². The van der Waals surface area contributed by atoms with Gasteiger partial charge in [-0.05, 0) is 37.8 Å². The van der Waals surface area contributed by atoms with Gasteiger partial charge in [0.25, 0.3) is 0 Å². The van der Waals surface area contributed by atoms with Gasteiger partial charge in [-0.3, -0.25) is 10.1 Å². The van der Waals surface area contributed by atoms with E-state index in [0.29, 0.717) is 6.61 Å². The number of aryl methyl sites for hydroxylation is 1. The minimum Gasteiger partial charge on any atom is -0.379 e. The van der Waals surface area contributed by atoms with Crippen molar-refractivity contribution in [3.8, 4) is 0 Å². The summed E-state index contributed by atoms with van der Waals surface area (Å²) >= 11 is 0. The molecule has 2 fully saturated rings. The zero-order valence-corrected chi connectivity index (χ0v) is 12.1. The van der Waals surface area contributed by atoms with Gasteiger partial charge in [0.05, 0.1) is 18.7 Å². The fourth-order valence-corrected chi connectivity index (χ4v) is 3.21. The summed E-state index contributed by atoms with van der Waals surface area (Å²) in [6.07, 6.45) is 2.04. The molecule has 0 aliphatic carbocycles. The van der Waals surface area contributed by atoms with Crippen LogP contribution in [0.4, 0.5) is 0 Å². The maximum absolute atomic E-state index is 12.5. The highest BCUT2D eigenvalue weighted by atomic mass is 16.5. The van der Waals surface area contributed by atoms with Gasteiger partial charge >= 0.3 is 0 Å². The summed E-state index contributed by atoms with van der Waals surface area (Å²) in [7, 11) is 0. The number of rotatable bonds is 2. The van der Waals surface area contributed by atoms with E-state index in [1.807, 2.05) is 24.0 Å². The number of carbonyl (C=O) groups excluding carboxylic acids is 1. The molecule has 2 aliphatic rings. The molecule has 0 spiro atoms. The van der Waals surface area contributed by atoms with Crippen LogP contribution in [0.2, 0.25) is 0 Å². The Morgan fingerprint density at radius 3 is 2.85 bits per heavy atom.